The summed E-state index contributed by atoms with van der Waals surface area (Å²) < 4.78 is 11.3. The van der Waals surface area contributed by atoms with E-state index in [-0.39, 0.29) is 0 Å². The lowest BCUT2D eigenvalue weighted by molar-refractivity contribution is 0.218. The first kappa shape index (κ1) is 13.9. The van der Waals surface area contributed by atoms with Crippen LogP contribution in [-0.2, 0) is 0 Å². The predicted octanol–water partition coefficient (Wildman–Crippen LogP) is 3.55. The fourth-order valence-electron chi connectivity index (χ4n) is 1.89. The molecular weight excluding hydrogens is 308 g/mol. The maximum atomic E-state index is 10.4. The lowest BCUT2D eigenvalue weighted by Gasteiger charge is -2.16. The maximum Gasteiger partial charge on any atom is 0.161 e. The average Bonchev–Trinajstić information content (AvgIpc) is 2.47. The van der Waals surface area contributed by atoms with Gasteiger partial charge in [-0.25, -0.2) is 0 Å². The Bertz CT molecular complexity index is 555. The van der Waals surface area contributed by atoms with E-state index in [9.17, 15) is 5.11 Å². The zero-order valence-electron chi connectivity index (χ0n) is 10.8. The summed E-state index contributed by atoms with van der Waals surface area (Å²) in [5.41, 5.74) is 1.57. The number of rotatable bonds is 4. The molecule has 2 aromatic carbocycles. The predicted molar refractivity (Wildman–Crippen MR) is 77.7 cm³/mol. The lowest BCUT2D eigenvalue weighted by atomic mass is 10.0. The molecule has 3 nitrogen and oxygen atoms in total. The van der Waals surface area contributed by atoms with Gasteiger partial charge in [-0.15, -0.1) is 0 Å². The maximum absolute atomic E-state index is 10.4. The molecule has 0 amide bonds. The number of methoxy groups -OCH3 is 2. The first-order chi connectivity index (χ1) is 9.17. The minimum absolute atomic E-state index is 0.593. The van der Waals surface area contributed by atoms with Gasteiger partial charge in [-0.3, -0.25) is 0 Å². The van der Waals surface area contributed by atoms with Gasteiger partial charge in [0, 0.05) is 10.0 Å². The van der Waals surface area contributed by atoms with Crippen molar-refractivity contribution >= 4 is 15.9 Å². The van der Waals surface area contributed by atoms with Crippen LogP contribution in [0.25, 0.3) is 0 Å². The highest BCUT2D eigenvalue weighted by Gasteiger charge is 2.17. The van der Waals surface area contributed by atoms with Crippen LogP contribution in [0.5, 0.6) is 11.5 Å². The highest BCUT2D eigenvalue weighted by atomic mass is 79.9. The standard InChI is InChI=1S/C15H15BrO3/c1-18-13-8-11(12(16)9-14(13)19-2)15(17)10-6-4-3-5-7-10/h3-9,15,17H,1-2H3. The summed E-state index contributed by atoms with van der Waals surface area (Å²) in [6.45, 7) is 0. The van der Waals surface area contributed by atoms with Gasteiger partial charge >= 0.3 is 0 Å². The van der Waals surface area contributed by atoms with Gasteiger partial charge in [0.25, 0.3) is 0 Å². The van der Waals surface area contributed by atoms with Crippen LogP contribution in [-0.4, -0.2) is 19.3 Å². The highest BCUT2D eigenvalue weighted by Crippen LogP contribution is 2.37. The zero-order chi connectivity index (χ0) is 13.8. The van der Waals surface area contributed by atoms with Gasteiger partial charge in [0.2, 0.25) is 0 Å². The molecule has 0 saturated heterocycles. The van der Waals surface area contributed by atoms with Gasteiger partial charge in [-0.2, -0.15) is 0 Å². The van der Waals surface area contributed by atoms with E-state index in [1.807, 2.05) is 30.3 Å². The second kappa shape index (κ2) is 6.08. The molecule has 4 heteroatoms. The van der Waals surface area contributed by atoms with Crippen LogP contribution in [0.15, 0.2) is 46.9 Å². The molecule has 0 spiro atoms. The molecule has 0 fully saturated rings. The van der Waals surface area contributed by atoms with Crippen molar-refractivity contribution in [3.63, 3.8) is 0 Å². The number of aliphatic hydroxyl groups excluding tert-OH is 1. The molecule has 0 radical (unpaired) electrons. The molecule has 0 aliphatic heterocycles. The number of hydrogen-bond donors (Lipinski definition) is 1. The van der Waals surface area contributed by atoms with Crippen molar-refractivity contribution in [2.75, 3.05) is 14.2 Å². The topological polar surface area (TPSA) is 38.7 Å². The van der Waals surface area contributed by atoms with Crippen molar-refractivity contribution in [1.29, 1.82) is 0 Å². The molecule has 1 unspecified atom stereocenters. The fourth-order valence-corrected chi connectivity index (χ4v) is 2.43. The van der Waals surface area contributed by atoms with Crippen LogP contribution < -0.4 is 9.47 Å². The minimum Gasteiger partial charge on any atom is -0.493 e. The number of halogens is 1. The third-order valence-electron chi connectivity index (χ3n) is 2.91. The molecule has 0 bridgehead atoms. The van der Waals surface area contributed by atoms with E-state index >= 15 is 0 Å². The van der Waals surface area contributed by atoms with Crippen LogP contribution in [0.1, 0.15) is 17.2 Å². The van der Waals surface area contributed by atoms with Gasteiger partial charge in [0.1, 0.15) is 6.10 Å². The van der Waals surface area contributed by atoms with E-state index in [1.54, 1.807) is 26.4 Å². The third-order valence-corrected chi connectivity index (χ3v) is 3.60. The van der Waals surface area contributed by atoms with Gasteiger partial charge < -0.3 is 14.6 Å². The molecule has 0 aliphatic rings. The van der Waals surface area contributed by atoms with E-state index in [0.29, 0.717) is 11.5 Å². The van der Waals surface area contributed by atoms with Gasteiger partial charge in [-0.1, -0.05) is 46.3 Å². The Balaban J connectivity index is 2.45. The molecule has 0 aromatic heterocycles. The summed E-state index contributed by atoms with van der Waals surface area (Å²) in [6.07, 6.45) is -0.713. The highest BCUT2D eigenvalue weighted by molar-refractivity contribution is 9.10. The van der Waals surface area contributed by atoms with E-state index in [4.69, 9.17) is 9.47 Å². The number of benzene rings is 2. The van der Waals surface area contributed by atoms with Crippen LogP contribution in [0.3, 0.4) is 0 Å². The van der Waals surface area contributed by atoms with Crippen molar-refractivity contribution in [3.05, 3.63) is 58.1 Å². The molecule has 1 N–H and O–H groups in total. The van der Waals surface area contributed by atoms with Crippen LogP contribution in [0.2, 0.25) is 0 Å². The first-order valence-corrected chi connectivity index (χ1v) is 6.61. The molecule has 0 aliphatic carbocycles. The van der Waals surface area contributed by atoms with Crippen LogP contribution in [0, 0.1) is 0 Å². The quantitative estimate of drug-likeness (QED) is 0.935. The summed E-state index contributed by atoms with van der Waals surface area (Å²) in [5.74, 6) is 1.22. The van der Waals surface area contributed by atoms with E-state index < -0.39 is 6.10 Å². The van der Waals surface area contributed by atoms with Crippen molar-refractivity contribution in [2.24, 2.45) is 0 Å². The van der Waals surface area contributed by atoms with Gasteiger partial charge in [0.05, 0.1) is 14.2 Å². The molecular formula is C15H15BrO3. The lowest BCUT2D eigenvalue weighted by Crippen LogP contribution is -2.02. The van der Waals surface area contributed by atoms with Gasteiger partial charge in [0.15, 0.2) is 11.5 Å². The number of hydrogen-bond acceptors (Lipinski definition) is 3. The SMILES string of the molecule is COc1cc(Br)c(C(O)c2ccccc2)cc1OC. The van der Waals surface area contributed by atoms with Crippen molar-refractivity contribution in [1.82, 2.24) is 0 Å². The van der Waals surface area contributed by atoms with Gasteiger partial charge in [-0.05, 0) is 17.7 Å². The fraction of sp³-hybridized carbons (Fsp3) is 0.200. The summed E-state index contributed by atoms with van der Waals surface area (Å²) >= 11 is 3.45. The smallest absolute Gasteiger partial charge is 0.161 e. The Labute approximate surface area is 120 Å². The molecule has 2 rings (SSSR count). The molecule has 1 atom stereocenters. The number of ether oxygens (including phenoxy) is 2. The summed E-state index contributed by atoms with van der Waals surface area (Å²) in [7, 11) is 3.15. The average molecular weight is 323 g/mol. The Morgan fingerprint density at radius 2 is 1.58 bits per heavy atom. The summed E-state index contributed by atoms with van der Waals surface area (Å²) in [5, 5.41) is 10.4. The van der Waals surface area contributed by atoms with Crippen molar-refractivity contribution < 1.29 is 14.6 Å². The number of aliphatic hydroxyl groups is 1. The molecule has 19 heavy (non-hydrogen) atoms. The Morgan fingerprint density at radius 1 is 1.00 bits per heavy atom. The second-order valence-corrected chi connectivity index (χ2v) is 4.90. The summed E-state index contributed by atoms with van der Waals surface area (Å²) in [6, 6.07) is 13.0. The largest absolute Gasteiger partial charge is 0.493 e. The van der Waals surface area contributed by atoms with E-state index in [0.717, 1.165) is 15.6 Å². The third kappa shape index (κ3) is 2.91. The molecule has 2 aromatic rings. The van der Waals surface area contributed by atoms with Crippen molar-refractivity contribution in [3.8, 4) is 11.5 Å². The molecule has 100 valence electrons. The molecule has 0 heterocycles. The Hall–Kier alpha value is -1.52. The monoisotopic (exact) mass is 322 g/mol. The zero-order valence-corrected chi connectivity index (χ0v) is 12.3. The summed E-state index contributed by atoms with van der Waals surface area (Å²) in [4.78, 5) is 0. The minimum atomic E-state index is -0.713. The Kier molecular flexibility index (Phi) is 4.45. The normalized spacial score (nSPS) is 12.0. The van der Waals surface area contributed by atoms with E-state index in [2.05, 4.69) is 15.9 Å². The second-order valence-electron chi connectivity index (χ2n) is 4.04. The van der Waals surface area contributed by atoms with Crippen LogP contribution >= 0.6 is 15.9 Å². The van der Waals surface area contributed by atoms with E-state index in [1.165, 1.54) is 0 Å². The first-order valence-electron chi connectivity index (χ1n) is 5.81. The van der Waals surface area contributed by atoms with Crippen molar-refractivity contribution in [2.45, 2.75) is 6.10 Å². The molecule has 0 saturated carbocycles. The Morgan fingerprint density at radius 3 is 2.16 bits per heavy atom. The van der Waals surface area contributed by atoms with Crippen LogP contribution in [0.4, 0.5) is 0 Å².